The first-order valence-electron chi connectivity index (χ1n) is 6.02. The monoisotopic (exact) mass is 278 g/mol. The number of benzene rings is 1. The Hall–Kier alpha value is -1.89. The molecule has 1 aromatic carbocycles. The maximum Gasteiger partial charge on any atom is 0.284 e. The highest BCUT2D eigenvalue weighted by Gasteiger charge is 2.29. The van der Waals surface area contributed by atoms with Crippen LogP contribution in [0, 0.1) is 6.92 Å². The molecule has 1 aliphatic rings. The fraction of sp³-hybridized carbons (Fsp3) is 0.333. The molecule has 2 N–H and O–H groups in total. The molecule has 1 aromatic heterocycles. The van der Waals surface area contributed by atoms with Gasteiger partial charge in [-0.2, -0.15) is 8.42 Å². The largest absolute Gasteiger partial charge is 0.399 e. The zero-order chi connectivity index (χ0) is 13.6. The average molecular weight is 278 g/mol. The van der Waals surface area contributed by atoms with Crippen molar-refractivity contribution >= 4 is 15.7 Å². The summed E-state index contributed by atoms with van der Waals surface area (Å²) in [7, 11) is -3.68. The lowest BCUT2D eigenvalue weighted by Crippen LogP contribution is -2.15. The van der Waals surface area contributed by atoms with Crippen molar-refractivity contribution in [2.24, 2.45) is 0 Å². The highest BCUT2D eigenvalue weighted by molar-refractivity contribution is 7.89. The Morgan fingerprint density at radius 2 is 2.11 bits per heavy atom. The molecule has 7 heteroatoms. The molecule has 1 saturated carbocycles. The highest BCUT2D eigenvalue weighted by atomic mass is 32.2. The van der Waals surface area contributed by atoms with Gasteiger partial charge >= 0.3 is 0 Å². The van der Waals surface area contributed by atoms with E-state index in [2.05, 4.69) is 10.1 Å². The summed E-state index contributed by atoms with van der Waals surface area (Å²) in [6, 6.07) is 4.70. The molecule has 0 amide bonds. The van der Waals surface area contributed by atoms with E-state index in [4.69, 9.17) is 5.73 Å². The van der Waals surface area contributed by atoms with Crippen molar-refractivity contribution in [3.05, 3.63) is 35.9 Å². The molecule has 0 bridgehead atoms. The second-order valence-corrected chi connectivity index (χ2v) is 6.54. The number of nitrogens with two attached hydrogens (primary N) is 1. The van der Waals surface area contributed by atoms with Crippen molar-refractivity contribution in [1.82, 2.24) is 14.2 Å². The zero-order valence-corrected chi connectivity index (χ0v) is 11.3. The second kappa shape index (κ2) is 4.06. The van der Waals surface area contributed by atoms with Crippen LogP contribution in [-0.2, 0) is 10.0 Å². The maximum absolute atomic E-state index is 12.4. The van der Waals surface area contributed by atoms with Gasteiger partial charge in [0, 0.05) is 11.6 Å². The summed E-state index contributed by atoms with van der Waals surface area (Å²) in [6.45, 7) is 1.71. The first kappa shape index (κ1) is 12.2. The normalized spacial score (nSPS) is 15.6. The lowest BCUT2D eigenvalue weighted by molar-refractivity contribution is 0.578. The minimum absolute atomic E-state index is 0.203. The smallest absolute Gasteiger partial charge is 0.284 e. The Bertz CT molecular complexity index is 732. The van der Waals surface area contributed by atoms with Crippen LogP contribution in [0.25, 0.3) is 0 Å². The van der Waals surface area contributed by atoms with Crippen molar-refractivity contribution in [3.8, 4) is 0 Å². The van der Waals surface area contributed by atoms with Gasteiger partial charge in [0.15, 0.2) is 5.82 Å². The van der Waals surface area contributed by atoms with Crippen LogP contribution in [0.5, 0.6) is 0 Å². The van der Waals surface area contributed by atoms with Crippen LogP contribution in [0.1, 0.15) is 30.1 Å². The SMILES string of the molecule is Cc1cc(N)ccc1S(=O)(=O)n1cnc(C2CC2)n1. The lowest BCUT2D eigenvalue weighted by Gasteiger charge is -2.07. The molecule has 0 saturated heterocycles. The summed E-state index contributed by atoms with van der Waals surface area (Å²) in [4.78, 5) is 4.27. The van der Waals surface area contributed by atoms with Crippen molar-refractivity contribution in [2.75, 3.05) is 5.73 Å². The quantitative estimate of drug-likeness (QED) is 0.854. The summed E-state index contributed by atoms with van der Waals surface area (Å²) in [5, 5.41) is 4.07. The van der Waals surface area contributed by atoms with Crippen molar-refractivity contribution in [3.63, 3.8) is 0 Å². The number of aryl methyl sites for hydroxylation is 1. The molecule has 2 aromatic rings. The Morgan fingerprint density at radius 3 is 2.74 bits per heavy atom. The van der Waals surface area contributed by atoms with Crippen LogP contribution < -0.4 is 5.73 Å². The van der Waals surface area contributed by atoms with Crippen molar-refractivity contribution in [1.29, 1.82) is 0 Å². The molecular weight excluding hydrogens is 264 g/mol. The fourth-order valence-electron chi connectivity index (χ4n) is 1.97. The molecule has 19 heavy (non-hydrogen) atoms. The van der Waals surface area contributed by atoms with E-state index in [0.717, 1.165) is 16.9 Å². The highest BCUT2D eigenvalue weighted by Crippen LogP contribution is 2.37. The standard InChI is InChI=1S/C12H14N4O2S/c1-8-6-10(13)4-5-11(8)19(17,18)16-7-14-12(15-16)9-2-3-9/h4-7,9H,2-3,13H2,1H3. The van der Waals surface area contributed by atoms with Crippen LogP contribution in [-0.4, -0.2) is 22.6 Å². The van der Waals surface area contributed by atoms with E-state index in [1.807, 2.05) is 0 Å². The average Bonchev–Trinajstić information content (AvgIpc) is 3.06. The number of aromatic nitrogens is 3. The Balaban J connectivity index is 2.05. The number of nitrogen functional groups attached to an aromatic ring is 1. The van der Waals surface area contributed by atoms with Crippen LogP contribution in [0.4, 0.5) is 5.69 Å². The predicted octanol–water partition coefficient (Wildman–Crippen LogP) is 1.28. The van der Waals surface area contributed by atoms with Crippen LogP contribution in [0.2, 0.25) is 0 Å². The third kappa shape index (κ3) is 2.10. The number of rotatable bonds is 3. The zero-order valence-electron chi connectivity index (χ0n) is 10.4. The molecule has 100 valence electrons. The minimum Gasteiger partial charge on any atom is -0.399 e. The predicted molar refractivity (Wildman–Crippen MR) is 70.2 cm³/mol. The van der Waals surface area contributed by atoms with Gasteiger partial charge in [0.2, 0.25) is 0 Å². The van der Waals surface area contributed by atoms with Crippen molar-refractivity contribution in [2.45, 2.75) is 30.6 Å². The number of anilines is 1. The number of nitrogens with zero attached hydrogens (tertiary/aromatic N) is 3. The number of hydrogen-bond acceptors (Lipinski definition) is 5. The van der Waals surface area contributed by atoms with Gasteiger partial charge in [-0.15, -0.1) is 9.19 Å². The van der Waals surface area contributed by atoms with Gasteiger partial charge in [-0.25, -0.2) is 4.98 Å². The summed E-state index contributed by atoms with van der Waals surface area (Å²) >= 11 is 0. The molecule has 6 nitrogen and oxygen atoms in total. The maximum atomic E-state index is 12.4. The number of hydrogen-bond donors (Lipinski definition) is 1. The van der Waals surface area contributed by atoms with Crippen LogP contribution in [0.15, 0.2) is 29.4 Å². The Kier molecular flexibility index (Phi) is 2.60. The van der Waals surface area contributed by atoms with E-state index in [1.165, 1.54) is 12.4 Å². The van der Waals surface area contributed by atoms with E-state index in [-0.39, 0.29) is 4.90 Å². The van der Waals surface area contributed by atoms with Gasteiger partial charge < -0.3 is 5.73 Å². The summed E-state index contributed by atoms with van der Waals surface area (Å²) < 4.78 is 25.8. The molecule has 0 atom stereocenters. The third-order valence-electron chi connectivity index (χ3n) is 3.16. The lowest BCUT2D eigenvalue weighted by atomic mass is 10.2. The molecule has 3 rings (SSSR count). The molecule has 0 aliphatic heterocycles. The van der Waals surface area contributed by atoms with E-state index in [9.17, 15) is 8.42 Å². The van der Waals surface area contributed by atoms with Gasteiger partial charge in [-0.3, -0.25) is 0 Å². The molecular formula is C12H14N4O2S. The molecule has 0 radical (unpaired) electrons. The summed E-state index contributed by atoms with van der Waals surface area (Å²) in [6.07, 6.45) is 3.33. The van der Waals surface area contributed by atoms with E-state index < -0.39 is 10.0 Å². The van der Waals surface area contributed by atoms with Crippen molar-refractivity contribution < 1.29 is 8.42 Å². The van der Waals surface area contributed by atoms with Gasteiger partial charge in [-0.05, 0) is 43.5 Å². The van der Waals surface area contributed by atoms with Crippen LogP contribution in [0.3, 0.4) is 0 Å². The molecule has 1 aliphatic carbocycles. The van der Waals surface area contributed by atoms with Gasteiger partial charge in [-0.1, -0.05) is 0 Å². The topological polar surface area (TPSA) is 90.9 Å². The summed E-state index contributed by atoms with van der Waals surface area (Å²) in [5.41, 5.74) is 6.77. The molecule has 0 spiro atoms. The second-order valence-electron chi connectivity index (χ2n) is 4.78. The van der Waals surface area contributed by atoms with Gasteiger partial charge in [0.05, 0.1) is 4.90 Å². The first-order valence-corrected chi connectivity index (χ1v) is 7.46. The minimum atomic E-state index is -3.68. The molecule has 1 heterocycles. The Labute approximate surface area is 111 Å². The fourth-order valence-corrected chi connectivity index (χ4v) is 3.24. The van der Waals surface area contributed by atoms with E-state index in [1.54, 1.807) is 19.1 Å². The Morgan fingerprint density at radius 1 is 1.37 bits per heavy atom. The van der Waals surface area contributed by atoms with Gasteiger partial charge in [0.1, 0.15) is 6.33 Å². The summed E-state index contributed by atoms with van der Waals surface area (Å²) in [5.74, 6) is 0.931. The first-order chi connectivity index (χ1) is 8.98. The van der Waals surface area contributed by atoms with E-state index in [0.29, 0.717) is 23.0 Å². The van der Waals surface area contributed by atoms with Crippen LogP contribution >= 0.6 is 0 Å². The molecule has 0 unspecified atom stereocenters. The molecule has 1 fully saturated rings. The van der Waals surface area contributed by atoms with Gasteiger partial charge in [0.25, 0.3) is 10.0 Å². The van der Waals surface area contributed by atoms with E-state index >= 15 is 0 Å². The third-order valence-corrected chi connectivity index (χ3v) is 4.84.